The molecule has 1 aliphatic heterocycles. The van der Waals surface area contributed by atoms with Crippen LogP contribution in [0, 0.1) is 9.49 Å². The predicted octanol–water partition coefficient (Wildman–Crippen LogP) is 4.04. The summed E-state index contributed by atoms with van der Waals surface area (Å²) in [5.74, 6) is -0.808. The molecule has 1 heterocycles. The minimum atomic E-state index is -0.361. The van der Waals surface area contributed by atoms with Crippen molar-refractivity contribution in [1.29, 1.82) is 0 Å². The number of ketones is 1. The Kier molecular flexibility index (Phi) is 5.18. The Balaban J connectivity index is 2.16. The van der Waals surface area contributed by atoms with Crippen molar-refractivity contribution in [3.05, 3.63) is 44.7 Å². The Morgan fingerprint density at radius 3 is 2.83 bits per heavy atom. The molecule has 0 spiro atoms. The standard InChI is InChI=1S/C19H20INO3/c1-3-24-19(23)16-11(2)21-14-8-5-9-15(22)18(14)17(16)12-6-4-7-13(20)10-12/h4,6-7,10,17-18H,3,5,8-9H2,1-2H3. The number of esters is 1. The van der Waals surface area contributed by atoms with E-state index >= 15 is 0 Å². The van der Waals surface area contributed by atoms with Crippen molar-refractivity contribution >= 4 is 40.1 Å². The molecule has 1 fully saturated rings. The van der Waals surface area contributed by atoms with Crippen LogP contribution in [0.5, 0.6) is 0 Å². The number of rotatable bonds is 3. The van der Waals surface area contributed by atoms with Crippen LogP contribution in [-0.2, 0) is 14.3 Å². The third kappa shape index (κ3) is 3.18. The van der Waals surface area contributed by atoms with E-state index in [1.165, 1.54) is 0 Å². The molecule has 1 saturated carbocycles. The van der Waals surface area contributed by atoms with E-state index in [0.29, 0.717) is 24.3 Å². The molecule has 3 rings (SSSR count). The Labute approximate surface area is 155 Å². The predicted molar refractivity (Wildman–Crippen MR) is 101 cm³/mol. The lowest BCUT2D eigenvalue weighted by atomic mass is 9.69. The number of Topliss-reactive ketones (excluding diaryl/α,β-unsaturated/α-hetero) is 1. The van der Waals surface area contributed by atoms with Crippen LogP contribution in [0.25, 0.3) is 0 Å². The Morgan fingerprint density at radius 1 is 1.33 bits per heavy atom. The summed E-state index contributed by atoms with van der Waals surface area (Å²) in [6, 6.07) is 8.01. The lowest BCUT2D eigenvalue weighted by Crippen LogP contribution is -2.39. The van der Waals surface area contributed by atoms with E-state index in [-0.39, 0.29) is 23.6 Å². The summed E-state index contributed by atoms with van der Waals surface area (Å²) in [6.45, 7) is 3.94. The van der Waals surface area contributed by atoms with Crippen molar-refractivity contribution in [2.24, 2.45) is 10.9 Å². The number of benzene rings is 1. The maximum atomic E-state index is 12.7. The van der Waals surface area contributed by atoms with Crippen LogP contribution in [0.4, 0.5) is 0 Å². The number of carbonyl (C=O) groups excluding carboxylic acids is 2. The van der Waals surface area contributed by atoms with Crippen LogP contribution >= 0.6 is 22.6 Å². The summed E-state index contributed by atoms with van der Waals surface area (Å²) in [4.78, 5) is 29.9. The summed E-state index contributed by atoms with van der Waals surface area (Å²) in [5, 5.41) is 0. The quantitative estimate of drug-likeness (QED) is 0.530. The SMILES string of the molecule is CCOC(=O)C1=C(C)N=C2CCCC(=O)C2C1c1cccc(I)c1. The van der Waals surface area contributed by atoms with Gasteiger partial charge in [0.25, 0.3) is 0 Å². The molecule has 2 unspecified atom stereocenters. The van der Waals surface area contributed by atoms with Gasteiger partial charge in [0.15, 0.2) is 0 Å². The number of nitrogens with zero attached hydrogens (tertiary/aromatic N) is 1. The average molecular weight is 437 g/mol. The topological polar surface area (TPSA) is 55.7 Å². The number of aliphatic imine (C=N–C) groups is 1. The van der Waals surface area contributed by atoms with Crippen molar-refractivity contribution < 1.29 is 14.3 Å². The molecule has 0 radical (unpaired) electrons. The smallest absolute Gasteiger partial charge is 0.336 e. The molecule has 2 aliphatic rings. The number of allylic oxidation sites excluding steroid dienone is 1. The fourth-order valence-corrected chi connectivity index (χ4v) is 4.22. The average Bonchev–Trinajstić information content (AvgIpc) is 2.54. The first-order valence-electron chi connectivity index (χ1n) is 8.26. The van der Waals surface area contributed by atoms with E-state index in [1.807, 2.05) is 31.2 Å². The number of halogens is 1. The fourth-order valence-electron chi connectivity index (χ4n) is 3.65. The van der Waals surface area contributed by atoms with Gasteiger partial charge in [-0.25, -0.2) is 4.79 Å². The zero-order chi connectivity index (χ0) is 17.3. The van der Waals surface area contributed by atoms with E-state index in [0.717, 1.165) is 27.7 Å². The summed E-state index contributed by atoms with van der Waals surface area (Å²) in [5.41, 5.74) is 3.11. The number of hydrogen-bond acceptors (Lipinski definition) is 4. The van der Waals surface area contributed by atoms with Crippen LogP contribution in [0.3, 0.4) is 0 Å². The van der Waals surface area contributed by atoms with Crippen LogP contribution in [0.2, 0.25) is 0 Å². The van der Waals surface area contributed by atoms with Crippen LogP contribution in [0.15, 0.2) is 40.5 Å². The molecule has 1 aliphatic carbocycles. The third-order valence-corrected chi connectivity index (χ3v) is 5.28. The molecule has 24 heavy (non-hydrogen) atoms. The fraction of sp³-hybridized carbons (Fsp3) is 0.421. The largest absolute Gasteiger partial charge is 0.463 e. The summed E-state index contributed by atoms with van der Waals surface area (Å²) in [6.07, 6.45) is 2.22. The van der Waals surface area contributed by atoms with Crippen molar-refractivity contribution in [2.75, 3.05) is 6.61 Å². The highest BCUT2D eigenvalue weighted by atomic mass is 127. The second-order valence-electron chi connectivity index (χ2n) is 6.15. The first kappa shape index (κ1) is 17.3. The number of hydrogen-bond donors (Lipinski definition) is 0. The highest BCUT2D eigenvalue weighted by Crippen LogP contribution is 2.43. The van der Waals surface area contributed by atoms with Crippen molar-refractivity contribution in [1.82, 2.24) is 0 Å². The highest BCUT2D eigenvalue weighted by molar-refractivity contribution is 14.1. The second-order valence-corrected chi connectivity index (χ2v) is 7.40. The zero-order valence-corrected chi connectivity index (χ0v) is 16.0. The van der Waals surface area contributed by atoms with Crippen LogP contribution < -0.4 is 0 Å². The zero-order valence-electron chi connectivity index (χ0n) is 13.8. The Bertz CT molecular complexity index is 751. The van der Waals surface area contributed by atoms with Gasteiger partial charge in [0.1, 0.15) is 5.78 Å². The van der Waals surface area contributed by atoms with Gasteiger partial charge in [-0.3, -0.25) is 9.79 Å². The molecule has 2 atom stereocenters. The summed E-state index contributed by atoms with van der Waals surface area (Å²) in [7, 11) is 0. The first-order valence-corrected chi connectivity index (χ1v) is 9.34. The lowest BCUT2D eigenvalue weighted by molar-refractivity contribution is -0.139. The number of fused-ring (bicyclic) bond motifs is 1. The Morgan fingerprint density at radius 2 is 2.12 bits per heavy atom. The third-order valence-electron chi connectivity index (χ3n) is 4.61. The maximum absolute atomic E-state index is 12.7. The molecular formula is C19H20INO3. The van der Waals surface area contributed by atoms with Crippen molar-refractivity contribution in [2.45, 2.75) is 39.0 Å². The van der Waals surface area contributed by atoms with E-state index < -0.39 is 0 Å². The molecule has 0 N–H and O–H groups in total. The molecule has 0 saturated heterocycles. The summed E-state index contributed by atoms with van der Waals surface area (Å²) < 4.78 is 6.35. The number of carbonyl (C=O) groups is 2. The summed E-state index contributed by atoms with van der Waals surface area (Å²) >= 11 is 2.25. The first-order chi connectivity index (χ1) is 11.5. The molecule has 0 amide bonds. The molecule has 0 aromatic heterocycles. The van der Waals surface area contributed by atoms with Gasteiger partial charge in [-0.1, -0.05) is 12.1 Å². The van der Waals surface area contributed by atoms with Gasteiger partial charge in [-0.2, -0.15) is 0 Å². The van der Waals surface area contributed by atoms with Crippen molar-refractivity contribution in [3.8, 4) is 0 Å². The van der Waals surface area contributed by atoms with Gasteiger partial charge in [0.05, 0.1) is 18.1 Å². The van der Waals surface area contributed by atoms with Crippen molar-refractivity contribution in [3.63, 3.8) is 0 Å². The van der Waals surface area contributed by atoms with Gasteiger partial charge in [0, 0.05) is 27.3 Å². The van der Waals surface area contributed by atoms with E-state index in [2.05, 4.69) is 27.6 Å². The van der Waals surface area contributed by atoms with Gasteiger partial charge in [0.2, 0.25) is 0 Å². The van der Waals surface area contributed by atoms with Gasteiger partial charge in [-0.15, -0.1) is 0 Å². The molecule has 0 bridgehead atoms. The molecule has 1 aromatic rings. The van der Waals surface area contributed by atoms with Crippen LogP contribution in [0.1, 0.15) is 44.6 Å². The minimum absolute atomic E-state index is 0.179. The highest BCUT2D eigenvalue weighted by Gasteiger charge is 2.43. The van der Waals surface area contributed by atoms with E-state index in [4.69, 9.17) is 4.74 Å². The minimum Gasteiger partial charge on any atom is -0.463 e. The maximum Gasteiger partial charge on any atom is 0.336 e. The Hall–Kier alpha value is -1.50. The lowest BCUT2D eigenvalue weighted by Gasteiger charge is -2.35. The molecule has 4 nitrogen and oxygen atoms in total. The van der Waals surface area contributed by atoms with Crippen LogP contribution in [-0.4, -0.2) is 24.1 Å². The molecule has 1 aromatic carbocycles. The van der Waals surface area contributed by atoms with Gasteiger partial charge in [-0.05, 0) is 67.0 Å². The second kappa shape index (κ2) is 7.17. The van der Waals surface area contributed by atoms with Gasteiger partial charge < -0.3 is 4.74 Å². The molecule has 126 valence electrons. The monoisotopic (exact) mass is 437 g/mol. The van der Waals surface area contributed by atoms with Gasteiger partial charge >= 0.3 is 5.97 Å². The van der Waals surface area contributed by atoms with E-state index in [9.17, 15) is 9.59 Å². The molecule has 5 heteroatoms. The van der Waals surface area contributed by atoms with E-state index in [1.54, 1.807) is 6.92 Å². The number of ether oxygens (including phenoxy) is 1. The normalized spacial score (nSPS) is 23.6. The molecular weight excluding hydrogens is 417 g/mol.